The molecule has 0 radical (unpaired) electrons. The van der Waals surface area contributed by atoms with E-state index in [9.17, 15) is 0 Å². The molecule has 0 aliphatic heterocycles. The number of nitrogens with zero attached hydrogens (tertiary/aromatic N) is 2. The quantitative estimate of drug-likeness (QED) is 0.822. The molecule has 0 fully saturated rings. The highest BCUT2D eigenvalue weighted by molar-refractivity contribution is 7.16. The number of likely N-dealkylation sites (N-methyl/N-ethyl adjacent to an activating group) is 1. The van der Waals surface area contributed by atoms with Crippen LogP contribution in [-0.4, -0.2) is 34.9 Å². The summed E-state index contributed by atoms with van der Waals surface area (Å²) in [5, 5.41) is 18.9. The maximum atomic E-state index is 8.95. The van der Waals surface area contributed by atoms with Gasteiger partial charge in [0.1, 0.15) is 5.15 Å². The molecule has 14 heavy (non-hydrogen) atoms. The molecule has 1 rings (SSSR count). The number of halogens is 1. The van der Waals surface area contributed by atoms with Crippen molar-refractivity contribution >= 4 is 28.1 Å². The van der Waals surface area contributed by atoms with E-state index >= 15 is 0 Å². The van der Waals surface area contributed by atoms with Gasteiger partial charge in [-0.1, -0.05) is 22.9 Å². The molecular formula is C8H13ClN2O2S. The Morgan fingerprint density at radius 2 is 2.21 bits per heavy atom. The minimum Gasteiger partial charge on any atom is -0.394 e. The van der Waals surface area contributed by atoms with E-state index in [2.05, 4.69) is 4.98 Å². The zero-order valence-electron chi connectivity index (χ0n) is 8.07. The fourth-order valence-corrected chi connectivity index (χ4v) is 2.06. The monoisotopic (exact) mass is 236 g/mol. The molecule has 1 aromatic heterocycles. The van der Waals surface area contributed by atoms with Gasteiger partial charge in [-0.05, 0) is 6.92 Å². The number of thiazole rings is 1. The molecule has 80 valence electrons. The van der Waals surface area contributed by atoms with Gasteiger partial charge in [-0.15, -0.1) is 0 Å². The first kappa shape index (κ1) is 11.7. The lowest BCUT2D eigenvalue weighted by Gasteiger charge is -2.21. The first-order chi connectivity index (χ1) is 6.60. The number of aliphatic hydroxyl groups excluding tert-OH is 2. The van der Waals surface area contributed by atoms with Crippen molar-refractivity contribution in [1.82, 2.24) is 4.98 Å². The van der Waals surface area contributed by atoms with Crippen molar-refractivity contribution in [3.05, 3.63) is 10.0 Å². The Morgan fingerprint density at radius 1 is 1.57 bits per heavy atom. The summed E-state index contributed by atoms with van der Waals surface area (Å²) < 4.78 is 0. The Hall–Kier alpha value is -0.360. The second kappa shape index (κ2) is 4.93. The number of rotatable bonds is 4. The molecule has 0 aromatic carbocycles. The van der Waals surface area contributed by atoms with Gasteiger partial charge in [0.15, 0.2) is 5.13 Å². The lowest BCUT2D eigenvalue weighted by molar-refractivity contribution is 0.270. The fourth-order valence-electron chi connectivity index (χ4n) is 0.881. The maximum absolute atomic E-state index is 8.95. The molecule has 0 spiro atoms. The number of hydrogen-bond acceptors (Lipinski definition) is 5. The van der Waals surface area contributed by atoms with Crippen molar-refractivity contribution in [3.8, 4) is 0 Å². The standard InChI is InChI=1S/C8H13ClN2O2S/c1-5(3-12)11(2)8-10-7(9)6(4-13)14-8/h5,12-13H,3-4H2,1-2H3. The molecular weight excluding hydrogens is 224 g/mol. The van der Waals surface area contributed by atoms with Gasteiger partial charge in [0.25, 0.3) is 0 Å². The minimum atomic E-state index is -0.0994. The van der Waals surface area contributed by atoms with E-state index in [1.807, 2.05) is 18.9 Å². The van der Waals surface area contributed by atoms with Crippen LogP contribution in [0.4, 0.5) is 5.13 Å². The lowest BCUT2D eigenvalue weighted by Crippen LogP contribution is -2.31. The van der Waals surface area contributed by atoms with Gasteiger partial charge in [-0.25, -0.2) is 4.98 Å². The van der Waals surface area contributed by atoms with Crippen molar-refractivity contribution in [2.24, 2.45) is 0 Å². The molecule has 0 amide bonds. The number of aromatic nitrogens is 1. The van der Waals surface area contributed by atoms with Crippen LogP contribution in [0.2, 0.25) is 5.15 Å². The highest BCUT2D eigenvalue weighted by atomic mass is 35.5. The summed E-state index contributed by atoms with van der Waals surface area (Å²) in [6.07, 6.45) is 0. The summed E-state index contributed by atoms with van der Waals surface area (Å²) in [4.78, 5) is 6.57. The summed E-state index contributed by atoms with van der Waals surface area (Å²) >= 11 is 7.12. The summed E-state index contributed by atoms with van der Waals surface area (Å²) in [6, 6.07) is -0.0104. The van der Waals surface area contributed by atoms with E-state index in [1.54, 1.807) is 0 Å². The third kappa shape index (κ3) is 2.36. The average Bonchev–Trinajstić information content (AvgIpc) is 2.57. The predicted molar refractivity (Wildman–Crippen MR) is 58.0 cm³/mol. The van der Waals surface area contributed by atoms with Crippen LogP contribution in [0.5, 0.6) is 0 Å². The van der Waals surface area contributed by atoms with Gasteiger partial charge in [0.2, 0.25) is 0 Å². The third-order valence-electron chi connectivity index (χ3n) is 2.01. The molecule has 0 saturated carbocycles. The molecule has 1 heterocycles. The van der Waals surface area contributed by atoms with Gasteiger partial charge in [0, 0.05) is 7.05 Å². The van der Waals surface area contributed by atoms with E-state index < -0.39 is 0 Å². The number of hydrogen-bond donors (Lipinski definition) is 2. The van der Waals surface area contributed by atoms with Crippen LogP contribution >= 0.6 is 22.9 Å². The second-order valence-electron chi connectivity index (χ2n) is 3.01. The lowest BCUT2D eigenvalue weighted by atomic mass is 10.3. The van der Waals surface area contributed by atoms with Crippen molar-refractivity contribution in [2.75, 3.05) is 18.6 Å². The van der Waals surface area contributed by atoms with Gasteiger partial charge < -0.3 is 15.1 Å². The Morgan fingerprint density at radius 3 is 2.64 bits per heavy atom. The SMILES string of the molecule is CC(CO)N(C)c1nc(Cl)c(CO)s1. The minimum absolute atomic E-state index is 0.0104. The van der Waals surface area contributed by atoms with E-state index in [-0.39, 0.29) is 19.3 Å². The molecule has 1 aromatic rings. The molecule has 2 N–H and O–H groups in total. The Kier molecular flexibility index (Phi) is 4.12. The third-order valence-corrected chi connectivity index (χ3v) is 3.56. The highest BCUT2D eigenvalue weighted by Crippen LogP contribution is 2.29. The molecule has 4 nitrogen and oxygen atoms in total. The summed E-state index contributed by atoms with van der Waals surface area (Å²) in [6.45, 7) is 1.84. The Balaban J connectivity index is 2.85. The maximum Gasteiger partial charge on any atom is 0.187 e. The molecule has 0 saturated heterocycles. The predicted octanol–water partition coefficient (Wildman–Crippen LogP) is 1.11. The molecule has 6 heteroatoms. The molecule has 0 aliphatic carbocycles. The topological polar surface area (TPSA) is 56.6 Å². The van der Waals surface area contributed by atoms with Crippen LogP contribution in [0.1, 0.15) is 11.8 Å². The van der Waals surface area contributed by atoms with Gasteiger partial charge in [0.05, 0.1) is 24.1 Å². The van der Waals surface area contributed by atoms with Crippen molar-refractivity contribution in [1.29, 1.82) is 0 Å². The van der Waals surface area contributed by atoms with Crippen LogP contribution < -0.4 is 4.90 Å². The summed E-state index contributed by atoms with van der Waals surface area (Å²) in [5.41, 5.74) is 0. The van der Waals surface area contributed by atoms with Crippen molar-refractivity contribution in [3.63, 3.8) is 0 Å². The van der Waals surface area contributed by atoms with Gasteiger partial charge in [-0.2, -0.15) is 0 Å². The van der Waals surface area contributed by atoms with Crippen molar-refractivity contribution in [2.45, 2.75) is 19.6 Å². The van der Waals surface area contributed by atoms with E-state index in [4.69, 9.17) is 21.8 Å². The molecule has 1 atom stereocenters. The van der Waals surface area contributed by atoms with Crippen molar-refractivity contribution < 1.29 is 10.2 Å². The summed E-state index contributed by atoms with van der Waals surface area (Å²) in [7, 11) is 1.83. The number of anilines is 1. The first-order valence-corrected chi connectivity index (χ1v) is 5.39. The van der Waals surface area contributed by atoms with Crippen LogP contribution in [0.3, 0.4) is 0 Å². The highest BCUT2D eigenvalue weighted by Gasteiger charge is 2.15. The second-order valence-corrected chi connectivity index (χ2v) is 4.43. The molecule has 1 unspecified atom stereocenters. The summed E-state index contributed by atoms with van der Waals surface area (Å²) in [5.74, 6) is 0. The zero-order chi connectivity index (χ0) is 10.7. The van der Waals surface area contributed by atoms with Crippen LogP contribution in [0, 0.1) is 0 Å². The largest absolute Gasteiger partial charge is 0.394 e. The van der Waals surface area contributed by atoms with Gasteiger partial charge >= 0.3 is 0 Å². The van der Waals surface area contributed by atoms with Gasteiger partial charge in [-0.3, -0.25) is 0 Å². The Bertz CT molecular complexity index is 306. The van der Waals surface area contributed by atoms with Crippen LogP contribution in [0.25, 0.3) is 0 Å². The average molecular weight is 237 g/mol. The van der Waals surface area contributed by atoms with Crippen LogP contribution in [-0.2, 0) is 6.61 Å². The Labute approximate surface area is 91.8 Å². The van der Waals surface area contributed by atoms with Crippen LogP contribution in [0.15, 0.2) is 0 Å². The van der Waals surface area contributed by atoms with E-state index in [0.29, 0.717) is 15.2 Å². The van der Waals surface area contributed by atoms with E-state index in [1.165, 1.54) is 11.3 Å². The first-order valence-electron chi connectivity index (χ1n) is 4.20. The fraction of sp³-hybridized carbons (Fsp3) is 0.625. The normalized spacial score (nSPS) is 12.9. The molecule has 0 aliphatic rings. The van der Waals surface area contributed by atoms with E-state index in [0.717, 1.165) is 0 Å². The number of aliphatic hydroxyl groups is 2. The smallest absolute Gasteiger partial charge is 0.187 e. The zero-order valence-corrected chi connectivity index (χ0v) is 9.64. The molecule has 0 bridgehead atoms.